The first-order chi connectivity index (χ1) is 5.62. The molecule has 12 heavy (non-hydrogen) atoms. The van der Waals surface area contributed by atoms with E-state index in [9.17, 15) is 20.2 Å². The highest BCUT2D eigenvalue weighted by molar-refractivity contribution is 5.63. The Morgan fingerprint density at radius 1 is 0.833 bits per heavy atom. The van der Waals surface area contributed by atoms with Crippen molar-refractivity contribution in [3.05, 3.63) is 20.2 Å². The van der Waals surface area contributed by atoms with Crippen LogP contribution in [0.25, 0.3) is 0 Å². The second kappa shape index (κ2) is 0.915. The third kappa shape index (κ3) is 0.172. The molecule has 0 aromatic carbocycles. The zero-order valence-electron chi connectivity index (χ0n) is 5.84. The third-order valence-electron chi connectivity index (χ3n) is 4.61. The smallest absolute Gasteiger partial charge is 0.264 e. The first kappa shape index (κ1) is 5.45. The molecule has 0 N–H and O–H groups in total. The summed E-state index contributed by atoms with van der Waals surface area (Å²) >= 11 is 0. The summed E-state index contributed by atoms with van der Waals surface area (Å²) < 4.78 is 0. The van der Waals surface area contributed by atoms with Crippen LogP contribution in [0, 0.1) is 43.9 Å². The molecule has 0 spiro atoms. The van der Waals surface area contributed by atoms with Crippen LogP contribution in [0.15, 0.2) is 0 Å². The second-order valence-electron chi connectivity index (χ2n) is 4.27. The summed E-state index contributed by atoms with van der Waals surface area (Å²) in [5.41, 5.74) is -2.16. The van der Waals surface area contributed by atoms with Gasteiger partial charge < -0.3 is 0 Å². The average molecular weight is 168 g/mol. The van der Waals surface area contributed by atoms with Crippen molar-refractivity contribution in [2.45, 2.75) is 11.1 Å². The predicted molar refractivity (Wildman–Crippen MR) is 33.4 cm³/mol. The number of nitrogens with zero attached hydrogens (tertiary/aromatic N) is 2. The van der Waals surface area contributed by atoms with Gasteiger partial charge in [-0.3, -0.25) is 20.2 Å². The fourth-order valence-corrected chi connectivity index (χ4v) is 4.35. The van der Waals surface area contributed by atoms with Crippen molar-refractivity contribution in [2.75, 3.05) is 0 Å². The summed E-state index contributed by atoms with van der Waals surface area (Å²) in [5, 5.41) is 21.2. The SMILES string of the molecule is O=[N+]([O-])C12C3C1C1C3C12[N+](=O)[O-]. The highest BCUT2D eigenvalue weighted by Crippen LogP contribution is 3.05. The van der Waals surface area contributed by atoms with Crippen LogP contribution in [0.5, 0.6) is 0 Å². The van der Waals surface area contributed by atoms with Gasteiger partial charge in [0.05, 0.1) is 23.7 Å². The van der Waals surface area contributed by atoms with Crippen molar-refractivity contribution >= 4 is 0 Å². The Morgan fingerprint density at radius 3 is 1.25 bits per heavy atom. The fourth-order valence-electron chi connectivity index (χ4n) is 4.35. The van der Waals surface area contributed by atoms with Gasteiger partial charge >= 0.3 is 0 Å². The lowest BCUT2D eigenvalue weighted by Crippen LogP contribution is -2.58. The number of hydrogen-bond donors (Lipinski definition) is 0. The molecule has 5 aliphatic carbocycles. The summed E-state index contributed by atoms with van der Waals surface area (Å²) in [6.45, 7) is 0. The minimum Gasteiger partial charge on any atom is -0.264 e. The molecular weight excluding hydrogens is 164 g/mol. The van der Waals surface area contributed by atoms with Gasteiger partial charge in [-0.2, -0.15) is 0 Å². The largest absolute Gasteiger partial charge is 0.298 e. The van der Waals surface area contributed by atoms with Crippen LogP contribution >= 0.6 is 0 Å². The van der Waals surface area contributed by atoms with Gasteiger partial charge in [-0.25, -0.2) is 0 Å². The zero-order valence-corrected chi connectivity index (χ0v) is 5.84. The maximum absolute atomic E-state index is 10.6. The summed E-state index contributed by atoms with van der Waals surface area (Å²) in [6.07, 6.45) is 0. The lowest BCUT2D eigenvalue weighted by atomic mass is 9.84. The average Bonchev–Trinajstić information content (AvgIpc) is 2.32. The lowest BCUT2D eigenvalue weighted by Gasteiger charge is -2.23. The Labute approximate surface area is 65.8 Å². The maximum atomic E-state index is 10.6. The van der Waals surface area contributed by atoms with Crippen molar-refractivity contribution in [1.29, 1.82) is 0 Å². The predicted octanol–water partition coefficient (Wildman–Crippen LogP) is -0.463. The third-order valence-corrected chi connectivity index (χ3v) is 4.61. The van der Waals surface area contributed by atoms with Gasteiger partial charge in [0.1, 0.15) is 0 Å². The normalized spacial score (nSPS) is 71.7. The van der Waals surface area contributed by atoms with E-state index in [1.165, 1.54) is 0 Å². The summed E-state index contributed by atoms with van der Waals surface area (Å²) in [7, 11) is 0. The van der Waals surface area contributed by atoms with E-state index in [0.717, 1.165) is 0 Å². The molecule has 5 saturated carbocycles. The molecular formula is C6H4N2O4. The molecule has 0 radical (unpaired) electrons. The molecule has 5 fully saturated rings. The molecule has 0 unspecified atom stereocenters. The van der Waals surface area contributed by atoms with Crippen molar-refractivity contribution in [3.8, 4) is 0 Å². The van der Waals surface area contributed by atoms with Gasteiger partial charge in [-0.15, -0.1) is 0 Å². The first-order valence-corrected chi connectivity index (χ1v) is 3.92. The molecule has 0 amide bonds. The van der Waals surface area contributed by atoms with Crippen molar-refractivity contribution < 1.29 is 9.85 Å². The highest BCUT2D eigenvalue weighted by Gasteiger charge is 3.29. The van der Waals surface area contributed by atoms with Crippen LogP contribution in [0.3, 0.4) is 0 Å². The molecule has 0 aromatic heterocycles. The Bertz CT molecular complexity index is 318. The maximum Gasteiger partial charge on any atom is 0.298 e. The highest BCUT2D eigenvalue weighted by atomic mass is 16.7. The molecule has 5 aliphatic rings. The van der Waals surface area contributed by atoms with Gasteiger partial charge in [0, 0.05) is 9.85 Å². The van der Waals surface area contributed by atoms with Crippen LogP contribution in [0.1, 0.15) is 0 Å². The molecule has 6 heteroatoms. The molecule has 0 aromatic rings. The van der Waals surface area contributed by atoms with Gasteiger partial charge in [-0.05, 0) is 0 Å². The number of nitro groups is 2. The van der Waals surface area contributed by atoms with E-state index in [-0.39, 0.29) is 23.7 Å². The van der Waals surface area contributed by atoms with Crippen LogP contribution in [-0.2, 0) is 0 Å². The Kier molecular flexibility index (Phi) is 0.415. The van der Waals surface area contributed by atoms with E-state index in [4.69, 9.17) is 0 Å². The Balaban J connectivity index is 1.89. The van der Waals surface area contributed by atoms with E-state index in [0.29, 0.717) is 0 Å². The van der Waals surface area contributed by atoms with Crippen molar-refractivity contribution in [3.63, 3.8) is 0 Å². The van der Waals surface area contributed by atoms with Crippen LogP contribution in [-0.4, -0.2) is 20.9 Å². The van der Waals surface area contributed by atoms with Crippen molar-refractivity contribution in [1.82, 2.24) is 0 Å². The van der Waals surface area contributed by atoms with Crippen LogP contribution in [0.2, 0.25) is 0 Å². The molecule has 62 valence electrons. The summed E-state index contributed by atoms with van der Waals surface area (Å²) in [4.78, 5) is 20.4. The van der Waals surface area contributed by atoms with E-state index in [1.807, 2.05) is 0 Å². The summed E-state index contributed by atoms with van der Waals surface area (Å²) in [5.74, 6) is 0.344. The number of rotatable bonds is 2. The molecule has 0 atom stereocenters. The number of hydrogen-bond acceptors (Lipinski definition) is 4. The second-order valence-corrected chi connectivity index (χ2v) is 4.27. The Morgan fingerprint density at radius 2 is 1.08 bits per heavy atom. The van der Waals surface area contributed by atoms with Crippen LogP contribution < -0.4 is 0 Å². The van der Waals surface area contributed by atoms with Gasteiger partial charge in [0.2, 0.25) is 0 Å². The van der Waals surface area contributed by atoms with Gasteiger partial charge in [0.15, 0.2) is 0 Å². The topological polar surface area (TPSA) is 86.3 Å². The van der Waals surface area contributed by atoms with E-state index in [1.54, 1.807) is 0 Å². The van der Waals surface area contributed by atoms with E-state index < -0.39 is 20.9 Å². The lowest BCUT2D eigenvalue weighted by molar-refractivity contribution is -0.676. The summed E-state index contributed by atoms with van der Waals surface area (Å²) in [6, 6.07) is 0. The Hall–Kier alpha value is -1.20. The van der Waals surface area contributed by atoms with Crippen molar-refractivity contribution in [2.24, 2.45) is 23.7 Å². The standard InChI is InChI=1S/C6H4N2O4/c9-7(10)5-1-2(5)4-3(1)6(4,5)8(11)12/h1-4H. The van der Waals surface area contributed by atoms with Crippen LogP contribution in [0.4, 0.5) is 0 Å². The molecule has 5 rings (SSSR count). The fraction of sp³-hybridized carbons (Fsp3) is 1.00. The molecule has 0 saturated heterocycles. The quantitative estimate of drug-likeness (QED) is 0.412. The molecule has 6 nitrogen and oxygen atoms in total. The minimum atomic E-state index is -1.08. The van der Waals surface area contributed by atoms with E-state index >= 15 is 0 Å². The van der Waals surface area contributed by atoms with Gasteiger partial charge in [-0.1, -0.05) is 0 Å². The molecule has 0 heterocycles. The monoisotopic (exact) mass is 168 g/mol. The first-order valence-electron chi connectivity index (χ1n) is 3.92. The van der Waals surface area contributed by atoms with E-state index in [2.05, 4.69) is 0 Å². The molecule has 0 aliphatic heterocycles. The van der Waals surface area contributed by atoms with Gasteiger partial charge in [0.25, 0.3) is 11.1 Å². The zero-order chi connectivity index (χ0) is 8.46. The molecule has 0 bridgehead atoms. The minimum absolute atomic E-state index is 0.0860.